The zero-order chi connectivity index (χ0) is 13.3. The van der Waals surface area contributed by atoms with Crippen molar-refractivity contribution in [3.8, 4) is 0 Å². The van der Waals surface area contributed by atoms with Crippen molar-refractivity contribution in [3.63, 3.8) is 0 Å². The zero-order valence-electron chi connectivity index (χ0n) is 10.2. The Morgan fingerprint density at radius 1 is 1.56 bits per heavy atom. The Morgan fingerprint density at radius 2 is 2.28 bits per heavy atom. The number of nitrogens with one attached hydrogen (secondary N) is 2. The molecule has 0 saturated carbocycles. The maximum Gasteiger partial charge on any atom is 0.253 e. The van der Waals surface area contributed by atoms with Crippen LogP contribution in [0.4, 0.5) is 4.39 Å². The van der Waals surface area contributed by atoms with E-state index < -0.39 is 11.4 Å². The van der Waals surface area contributed by atoms with Gasteiger partial charge in [-0.3, -0.25) is 4.79 Å². The number of rotatable bonds is 3. The van der Waals surface area contributed by atoms with E-state index in [-0.39, 0.29) is 11.5 Å². The van der Waals surface area contributed by atoms with Gasteiger partial charge in [-0.2, -0.15) is 0 Å². The lowest BCUT2D eigenvalue weighted by Crippen LogP contribution is -2.45. The number of aromatic nitrogens is 2. The fourth-order valence-electron chi connectivity index (χ4n) is 1.59. The van der Waals surface area contributed by atoms with E-state index in [0.717, 1.165) is 0 Å². The molecule has 0 fully saturated rings. The maximum atomic E-state index is 13.4. The van der Waals surface area contributed by atoms with Crippen molar-refractivity contribution in [2.75, 3.05) is 6.54 Å². The molecule has 1 amide bonds. The van der Waals surface area contributed by atoms with E-state index in [4.69, 9.17) is 5.73 Å². The smallest absolute Gasteiger partial charge is 0.253 e. The molecular weight excluding hydrogens is 235 g/mol. The van der Waals surface area contributed by atoms with Crippen molar-refractivity contribution in [1.82, 2.24) is 15.3 Å². The topological polar surface area (TPSA) is 83.8 Å². The summed E-state index contributed by atoms with van der Waals surface area (Å²) in [5.74, 6) is -0.867. The number of carbonyl (C=O) groups is 1. The Bertz CT molecular complexity index is 585. The van der Waals surface area contributed by atoms with Gasteiger partial charge >= 0.3 is 0 Å². The van der Waals surface area contributed by atoms with E-state index >= 15 is 0 Å². The molecule has 0 unspecified atom stereocenters. The Balaban J connectivity index is 2.30. The van der Waals surface area contributed by atoms with E-state index in [1.165, 1.54) is 18.5 Å². The monoisotopic (exact) mass is 250 g/mol. The highest BCUT2D eigenvalue weighted by molar-refractivity contribution is 6.04. The fourth-order valence-corrected chi connectivity index (χ4v) is 1.59. The average molecular weight is 250 g/mol. The number of hydrogen-bond acceptors (Lipinski definition) is 3. The number of aromatic amines is 1. The molecular formula is C12H15FN4O. The van der Waals surface area contributed by atoms with Crippen LogP contribution in [0.1, 0.15) is 24.2 Å². The maximum absolute atomic E-state index is 13.4. The van der Waals surface area contributed by atoms with Gasteiger partial charge in [0.05, 0.1) is 17.4 Å². The summed E-state index contributed by atoms with van der Waals surface area (Å²) in [4.78, 5) is 18.8. The first-order chi connectivity index (χ1) is 8.37. The molecule has 2 aromatic rings. The second-order valence-electron chi connectivity index (χ2n) is 4.92. The number of benzene rings is 1. The Morgan fingerprint density at radius 3 is 2.94 bits per heavy atom. The summed E-state index contributed by atoms with van der Waals surface area (Å²) >= 11 is 0. The number of imidazole rings is 1. The normalized spacial score (nSPS) is 11.8. The van der Waals surface area contributed by atoms with Gasteiger partial charge in [0.25, 0.3) is 5.91 Å². The molecule has 6 heteroatoms. The number of fused-ring (bicyclic) bond motifs is 1. The Kier molecular flexibility index (Phi) is 3.04. The molecule has 0 radical (unpaired) electrons. The second-order valence-corrected chi connectivity index (χ2v) is 4.92. The number of halogens is 1. The summed E-state index contributed by atoms with van der Waals surface area (Å²) in [7, 11) is 0. The van der Waals surface area contributed by atoms with Crippen LogP contribution in [-0.4, -0.2) is 28.0 Å². The van der Waals surface area contributed by atoms with Crippen molar-refractivity contribution in [2.45, 2.75) is 19.4 Å². The molecule has 5 nitrogen and oxygen atoms in total. The van der Waals surface area contributed by atoms with Gasteiger partial charge in [0.2, 0.25) is 0 Å². The first-order valence-electron chi connectivity index (χ1n) is 5.56. The van der Waals surface area contributed by atoms with Crippen molar-refractivity contribution in [2.24, 2.45) is 5.73 Å². The molecule has 0 atom stereocenters. The first kappa shape index (κ1) is 12.5. The number of nitrogens with zero attached hydrogens (tertiary/aromatic N) is 1. The number of carbonyl (C=O) groups excluding carboxylic acids is 1. The van der Waals surface area contributed by atoms with Crippen LogP contribution < -0.4 is 11.1 Å². The zero-order valence-corrected chi connectivity index (χ0v) is 10.2. The lowest BCUT2D eigenvalue weighted by atomic mass is 10.1. The minimum absolute atomic E-state index is 0.204. The molecule has 4 N–H and O–H groups in total. The molecule has 0 spiro atoms. The van der Waals surface area contributed by atoms with E-state index in [1.54, 1.807) is 13.8 Å². The number of hydrogen-bond donors (Lipinski definition) is 3. The number of H-pyrrole nitrogens is 1. The molecule has 0 aliphatic carbocycles. The van der Waals surface area contributed by atoms with Gasteiger partial charge in [0, 0.05) is 12.1 Å². The SMILES string of the molecule is CC(C)(N)CNC(=O)c1cc(F)cc2[nH]cnc12. The Hall–Kier alpha value is -1.95. The average Bonchev–Trinajstić information content (AvgIpc) is 2.71. The summed E-state index contributed by atoms with van der Waals surface area (Å²) < 4.78 is 13.4. The van der Waals surface area contributed by atoms with Gasteiger partial charge in [-0.15, -0.1) is 0 Å². The Labute approximate surface area is 104 Å². The molecule has 18 heavy (non-hydrogen) atoms. The predicted molar refractivity (Wildman–Crippen MR) is 66.7 cm³/mol. The van der Waals surface area contributed by atoms with Gasteiger partial charge in [-0.25, -0.2) is 9.37 Å². The van der Waals surface area contributed by atoms with Crippen LogP contribution in [0.2, 0.25) is 0 Å². The third-order valence-electron chi connectivity index (χ3n) is 2.44. The summed E-state index contributed by atoms with van der Waals surface area (Å²) in [6.45, 7) is 3.89. The van der Waals surface area contributed by atoms with Gasteiger partial charge in [-0.1, -0.05) is 0 Å². The number of nitrogens with two attached hydrogens (primary N) is 1. The third kappa shape index (κ3) is 2.65. The molecule has 1 heterocycles. The highest BCUT2D eigenvalue weighted by atomic mass is 19.1. The van der Waals surface area contributed by atoms with Gasteiger partial charge in [0.1, 0.15) is 11.3 Å². The standard InChI is InChI=1S/C12H15FN4O/c1-12(2,14)5-15-11(18)8-3-7(13)4-9-10(8)17-6-16-9/h3-4,6H,5,14H2,1-2H3,(H,15,18)(H,16,17). The van der Waals surface area contributed by atoms with Crippen LogP contribution in [0.3, 0.4) is 0 Å². The van der Waals surface area contributed by atoms with E-state index in [2.05, 4.69) is 15.3 Å². The third-order valence-corrected chi connectivity index (χ3v) is 2.44. The van der Waals surface area contributed by atoms with Crippen molar-refractivity contribution >= 4 is 16.9 Å². The number of amides is 1. The lowest BCUT2D eigenvalue weighted by molar-refractivity contribution is 0.0947. The summed E-state index contributed by atoms with van der Waals surface area (Å²) in [5, 5.41) is 2.66. The van der Waals surface area contributed by atoms with Crippen LogP contribution >= 0.6 is 0 Å². The molecule has 0 aliphatic heterocycles. The highest BCUT2D eigenvalue weighted by Crippen LogP contribution is 2.17. The molecule has 2 rings (SSSR count). The molecule has 0 saturated heterocycles. The van der Waals surface area contributed by atoms with Gasteiger partial charge in [0.15, 0.2) is 0 Å². The van der Waals surface area contributed by atoms with Crippen molar-refractivity contribution in [3.05, 3.63) is 29.8 Å². The molecule has 0 bridgehead atoms. The van der Waals surface area contributed by atoms with Crippen LogP contribution in [0.5, 0.6) is 0 Å². The summed E-state index contributed by atoms with van der Waals surface area (Å²) in [6, 6.07) is 2.47. The van der Waals surface area contributed by atoms with Crippen LogP contribution in [0, 0.1) is 5.82 Å². The quantitative estimate of drug-likeness (QED) is 0.764. The van der Waals surface area contributed by atoms with Crippen LogP contribution in [0.15, 0.2) is 18.5 Å². The largest absolute Gasteiger partial charge is 0.350 e. The van der Waals surface area contributed by atoms with E-state index in [1.807, 2.05) is 0 Å². The molecule has 96 valence electrons. The van der Waals surface area contributed by atoms with E-state index in [9.17, 15) is 9.18 Å². The molecule has 1 aromatic heterocycles. The van der Waals surface area contributed by atoms with Gasteiger partial charge in [-0.05, 0) is 26.0 Å². The van der Waals surface area contributed by atoms with Gasteiger partial charge < -0.3 is 16.0 Å². The van der Waals surface area contributed by atoms with Crippen molar-refractivity contribution in [1.29, 1.82) is 0 Å². The molecule has 1 aromatic carbocycles. The lowest BCUT2D eigenvalue weighted by Gasteiger charge is -2.18. The van der Waals surface area contributed by atoms with Crippen LogP contribution in [0.25, 0.3) is 11.0 Å². The highest BCUT2D eigenvalue weighted by Gasteiger charge is 2.17. The van der Waals surface area contributed by atoms with Crippen LogP contribution in [-0.2, 0) is 0 Å². The minimum atomic E-state index is -0.520. The predicted octanol–water partition coefficient (Wildman–Crippen LogP) is 1.17. The minimum Gasteiger partial charge on any atom is -0.350 e. The summed E-state index contributed by atoms with van der Waals surface area (Å²) in [6.07, 6.45) is 1.42. The fraction of sp³-hybridized carbons (Fsp3) is 0.333. The summed E-state index contributed by atoms with van der Waals surface area (Å²) in [5.41, 5.74) is 6.40. The second kappa shape index (κ2) is 4.38. The van der Waals surface area contributed by atoms with Crippen molar-refractivity contribution < 1.29 is 9.18 Å². The van der Waals surface area contributed by atoms with E-state index in [0.29, 0.717) is 17.6 Å². The molecule has 0 aliphatic rings. The first-order valence-corrected chi connectivity index (χ1v) is 5.56.